The van der Waals surface area contributed by atoms with Crippen LogP contribution in [0.2, 0.25) is 5.15 Å². The van der Waals surface area contributed by atoms with Crippen LogP contribution in [0.15, 0.2) is 60.5 Å². The first-order valence-corrected chi connectivity index (χ1v) is 9.14. The van der Waals surface area contributed by atoms with Crippen LogP contribution in [-0.2, 0) is 6.54 Å². The van der Waals surface area contributed by atoms with Crippen molar-refractivity contribution in [3.63, 3.8) is 0 Å². The Hall–Kier alpha value is -2.99. The van der Waals surface area contributed by atoms with Crippen molar-refractivity contribution in [2.45, 2.75) is 13.0 Å². The summed E-state index contributed by atoms with van der Waals surface area (Å²) < 4.78 is 5.98. The molecule has 6 nitrogen and oxygen atoms in total. The van der Waals surface area contributed by atoms with Gasteiger partial charge in [0.25, 0.3) is 0 Å². The van der Waals surface area contributed by atoms with Crippen molar-refractivity contribution in [2.24, 2.45) is 5.92 Å². The topological polar surface area (TPSA) is 85.8 Å². The number of fused-ring (bicyclic) bond motifs is 1. The van der Waals surface area contributed by atoms with Gasteiger partial charge in [-0.3, -0.25) is 5.10 Å². The number of halogens is 1. The van der Waals surface area contributed by atoms with Gasteiger partial charge in [-0.15, -0.1) is 0 Å². The standard InChI is InChI=1S/C20H20ClN5O/c21-20-18(11-24-26-20)25-15-7-6-14-10-23-16(12-27-19(14)9-15)8-17(22)13-4-2-1-3-5-13/h1-4,6-9,11,13,22-23,25H,5,10,12H2,(H,24,26)/b16-8-,22-17?. The second-order valence-corrected chi connectivity index (χ2v) is 6.85. The van der Waals surface area contributed by atoms with Gasteiger partial charge in [0.1, 0.15) is 17.5 Å². The number of anilines is 2. The molecule has 2 heterocycles. The fourth-order valence-electron chi connectivity index (χ4n) is 3.04. The highest BCUT2D eigenvalue weighted by Gasteiger charge is 2.15. The molecular weight excluding hydrogens is 362 g/mol. The Labute approximate surface area is 162 Å². The lowest BCUT2D eigenvalue weighted by molar-refractivity contribution is 0.351. The molecule has 2 aliphatic rings. The van der Waals surface area contributed by atoms with Crippen LogP contribution in [0.25, 0.3) is 0 Å². The first kappa shape index (κ1) is 17.4. The van der Waals surface area contributed by atoms with Crippen molar-refractivity contribution in [3.05, 3.63) is 71.2 Å². The monoisotopic (exact) mass is 381 g/mol. The molecule has 2 aromatic rings. The number of hydrogen-bond acceptors (Lipinski definition) is 5. The Morgan fingerprint density at radius 2 is 2.30 bits per heavy atom. The fraction of sp³-hybridized carbons (Fsp3) is 0.200. The number of H-pyrrole nitrogens is 1. The number of nitrogens with zero attached hydrogens (tertiary/aromatic N) is 1. The van der Waals surface area contributed by atoms with E-state index in [1.807, 2.05) is 36.4 Å². The lowest BCUT2D eigenvalue weighted by Crippen LogP contribution is -2.18. The number of rotatable bonds is 4. The Bertz CT molecular complexity index is 944. The van der Waals surface area contributed by atoms with Crippen LogP contribution < -0.4 is 15.4 Å². The van der Waals surface area contributed by atoms with Crippen LogP contribution in [0.1, 0.15) is 12.0 Å². The van der Waals surface area contributed by atoms with E-state index in [0.29, 0.717) is 29.7 Å². The number of allylic oxidation sites excluding steroid dienone is 5. The van der Waals surface area contributed by atoms with Gasteiger partial charge in [-0.1, -0.05) is 42.0 Å². The first-order chi connectivity index (χ1) is 13.2. The molecule has 27 heavy (non-hydrogen) atoms. The molecule has 4 rings (SSSR count). The fourth-order valence-corrected chi connectivity index (χ4v) is 3.18. The highest BCUT2D eigenvalue weighted by molar-refractivity contribution is 6.32. The van der Waals surface area contributed by atoms with Crippen molar-refractivity contribution >= 4 is 28.7 Å². The molecule has 1 aliphatic heterocycles. The number of benzene rings is 1. The van der Waals surface area contributed by atoms with Crippen molar-refractivity contribution in [3.8, 4) is 5.75 Å². The summed E-state index contributed by atoms with van der Waals surface area (Å²) in [5, 5.41) is 22.0. The van der Waals surface area contributed by atoms with E-state index in [2.05, 4.69) is 33.0 Å². The molecular formula is C20H20ClN5O. The molecule has 0 radical (unpaired) electrons. The lowest BCUT2D eigenvalue weighted by Gasteiger charge is -2.13. The van der Waals surface area contributed by atoms with Gasteiger partial charge in [0.2, 0.25) is 0 Å². The molecule has 1 unspecified atom stereocenters. The summed E-state index contributed by atoms with van der Waals surface area (Å²) in [5.74, 6) is 0.938. The molecule has 1 aromatic carbocycles. The smallest absolute Gasteiger partial charge is 0.147 e. The summed E-state index contributed by atoms with van der Waals surface area (Å²) in [6.45, 7) is 1.05. The molecule has 0 saturated heterocycles. The van der Waals surface area contributed by atoms with Crippen molar-refractivity contribution in [1.29, 1.82) is 5.41 Å². The molecule has 138 valence electrons. The summed E-state index contributed by atoms with van der Waals surface area (Å²) in [7, 11) is 0. The van der Waals surface area contributed by atoms with Crippen LogP contribution in [0.3, 0.4) is 0 Å². The summed E-state index contributed by atoms with van der Waals surface area (Å²) in [6.07, 6.45) is 12.5. The normalized spacial score (nSPS) is 19.7. The van der Waals surface area contributed by atoms with E-state index in [9.17, 15) is 0 Å². The van der Waals surface area contributed by atoms with Gasteiger partial charge in [-0.2, -0.15) is 5.10 Å². The van der Waals surface area contributed by atoms with Gasteiger partial charge >= 0.3 is 0 Å². The molecule has 0 amide bonds. The predicted molar refractivity (Wildman–Crippen MR) is 108 cm³/mol. The molecule has 1 aliphatic carbocycles. The van der Waals surface area contributed by atoms with Crippen molar-refractivity contribution in [1.82, 2.24) is 15.5 Å². The molecule has 1 atom stereocenters. The average molecular weight is 382 g/mol. The largest absolute Gasteiger partial charge is 0.487 e. The minimum atomic E-state index is 0.130. The van der Waals surface area contributed by atoms with E-state index < -0.39 is 0 Å². The van der Waals surface area contributed by atoms with Gasteiger partial charge in [0, 0.05) is 35.5 Å². The number of nitrogens with one attached hydrogen (secondary N) is 4. The third kappa shape index (κ3) is 4.06. The SMILES string of the molecule is N=C(/C=C1/COc2cc(Nc3cn[nH]c3Cl)ccc2CN1)C1C=CC=CC1. The minimum absolute atomic E-state index is 0.130. The van der Waals surface area contributed by atoms with Gasteiger partial charge in [-0.05, 0) is 18.6 Å². The average Bonchev–Trinajstić information content (AvgIpc) is 2.98. The van der Waals surface area contributed by atoms with E-state index in [4.69, 9.17) is 21.7 Å². The molecule has 0 saturated carbocycles. The van der Waals surface area contributed by atoms with Crippen LogP contribution in [-0.4, -0.2) is 22.5 Å². The van der Waals surface area contributed by atoms with E-state index in [1.54, 1.807) is 6.20 Å². The van der Waals surface area contributed by atoms with Crippen LogP contribution in [0, 0.1) is 11.3 Å². The number of aromatic amines is 1. The molecule has 7 heteroatoms. The third-order valence-electron chi connectivity index (χ3n) is 4.54. The number of aromatic nitrogens is 2. The summed E-state index contributed by atoms with van der Waals surface area (Å²) in [5.41, 5.74) is 4.15. The van der Waals surface area contributed by atoms with Crippen LogP contribution in [0.4, 0.5) is 11.4 Å². The highest BCUT2D eigenvalue weighted by Crippen LogP contribution is 2.29. The van der Waals surface area contributed by atoms with Crippen molar-refractivity contribution in [2.75, 3.05) is 11.9 Å². The van der Waals surface area contributed by atoms with Crippen molar-refractivity contribution < 1.29 is 4.74 Å². The summed E-state index contributed by atoms with van der Waals surface area (Å²) >= 11 is 6.03. The zero-order chi connectivity index (χ0) is 18.6. The van der Waals surface area contributed by atoms with E-state index in [-0.39, 0.29) is 5.92 Å². The van der Waals surface area contributed by atoms with Crippen LogP contribution >= 0.6 is 11.6 Å². The zero-order valence-corrected chi connectivity index (χ0v) is 15.4. The Kier molecular flexibility index (Phi) is 4.98. The highest BCUT2D eigenvalue weighted by atomic mass is 35.5. The van der Waals surface area contributed by atoms with Crippen LogP contribution in [0.5, 0.6) is 5.75 Å². The predicted octanol–water partition coefficient (Wildman–Crippen LogP) is 4.32. The van der Waals surface area contributed by atoms with E-state index in [0.717, 1.165) is 29.1 Å². The zero-order valence-electron chi connectivity index (χ0n) is 14.6. The third-order valence-corrected chi connectivity index (χ3v) is 4.83. The maximum absolute atomic E-state index is 8.33. The van der Waals surface area contributed by atoms with Gasteiger partial charge in [0.15, 0.2) is 0 Å². The van der Waals surface area contributed by atoms with Gasteiger partial charge < -0.3 is 20.8 Å². The molecule has 0 spiro atoms. The molecule has 0 bridgehead atoms. The van der Waals surface area contributed by atoms with Gasteiger partial charge in [-0.25, -0.2) is 0 Å². The molecule has 4 N–H and O–H groups in total. The Morgan fingerprint density at radius 1 is 1.37 bits per heavy atom. The number of ether oxygens (including phenoxy) is 1. The second-order valence-electron chi connectivity index (χ2n) is 6.47. The van der Waals surface area contributed by atoms with Gasteiger partial charge in [0.05, 0.1) is 17.6 Å². The van der Waals surface area contributed by atoms with E-state index in [1.165, 1.54) is 0 Å². The minimum Gasteiger partial charge on any atom is -0.487 e. The maximum atomic E-state index is 8.33. The summed E-state index contributed by atoms with van der Waals surface area (Å²) in [4.78, 5) is 0. The molecule has 0 fully saturated rings. The van der Waals surface area contributed by atoms with E-state index >= 15 is 0 Å². The maximum Gasteiger partial charge on any atom is 0.147 e. The molecule has 1 aromatic heterocycles. The first-order valence-electron chi connectivity index (χ1n) is 8.77. The second kappa shape index (κ2) is 7.72. The lowest BCUT2D eigenvalue weighted by atomic mass is 9.95. The Balaban J connectivity index is 1.45. The Morgan fingerprint density at radius 3 is 3.07 bits per heavy atom. The summed E-state index contributed by atoms with van der Waals surface area (Å²) in [6, 6.07) is 5.94. The number of hydrogen-bond donors (Lipinski definition) is 4. The quantitative estimate of drug-likeness (QED) is 0.594.